The van der Waals surface area contributed by atoms with Gasteiger partial charge in [0.2, 0.25) is 0 Å². The lowest BCUT2D eigenvalue weighted by atomic mass is 10.1. The van der Waals surface area contributed by atoms with E-state index in [1.54, 1.807) is 0 Å². The van der Waals surface area contributed by atoms with Crippen molar-refractivity contribution < 1.29 is 0 Å². The number of aromatic nitrogens is 1. The molecular formula is C33H19N5. The first-order valence-corrected chi connectivity index (χ1v) is 12.0. The van der Waals surface area contributed by atoms with Crippen molar-refractivity contribution in [1.29, 1.82) is 15.8 Å². The van der Waals surface area contributed by atoms with Gasteiger partial charge in [-0.1, -0.05) is 24.3 Å². The Hall–Kier alpha value is -5.83. The van der Waals surface area contributed by atoms with E-state index in [1.807, 2.05) is 84.9 Å². The highest BCUT2D eigenvalue weighted by Gasteiger charge is 2.17. The smallest absolute Gasteiger partial charge is 0.0991 e. The van der Waals surface area contributed by atoms with Gasteiger partial charge in [-0.05, 0) is 91.0 Å². The maximum absolute atomic E-state index is 9.51. The highest BCUT2D eigenvalue weighted by atomic mass is 15.1. The van der Waals surface area contributed by atoms with Crippen LogP contribution in [-0.4, -0.2) is 4.57 Å². The summed E-state index contributed by atoms with van der Waals surface area (Å²) in [4.78, 5) is 2.15. The number of hydrogen-bond donors (Lipinski definition) is 0. The molecule has 0 bridgehead atoms. The molecule has 5 aromatic carbocycles. The van der Waals surface area contributed by atoms with Gasteiger partial charge in [-0.3, -0.25) is 0 Å². The SMILES string of the molecule is N#Cc1ccc(N(c2ccccc2)c2cccc(-n3c4ccc(C#N)cc4c4cc(C#N)ccc43)c2)cc1. The van der Waals surface area contributed by atoms with Gasteiger partial charge in [0.05, 0.1) is 45.9 Å². The van der Waals surface area contributed by atoms with Crippen molar-refractivity contribution in [2.24, 2.45) is 0 Å². The van der Waals surface area contributed by atoms with Gasteiger partial charge in [0, 0.05) is 33.5 Å². The van der Waals surface area contributed by atoms with Crippen molar-refractivity contribution in [3.05, 3.63) is 132 Å². The molecule has 0 unspecified atom stereocenters. The number of para-hydroxylation sites is 1. The quantitative estimate of drug-likeness (QED) is 0.254. The van der Waals surface area contributed by atoms with Crippen molar-refractivity contribution in [2.75, 3.05) is 4.90 Å². The molecule has 0 saturated carbocycles. The van der Waals surface area contributed by atoms with Crippen LogP contribution in [0, 0.1) is 34.0 Å². The van der Waals surface area contributed by atoms with Crippen LogP contribution in [0.5, 0.6) is 0 Å². The summed E-state index contributed by atoms with van der Waals surface area (Å²) in [7, 11) is 0. The maximum Gasteiger partial charge on any atom is 0.0991 e. The molecule has 176 valence electrons. The third-order valence-electron chi connectivity index (χ3n) is 6.64. The molecule has 38 heavy (non-hydrogen) atoms. The van der Waals surface area contributed by atoms with Crippen molar-refractivity contribution >= 4 is 38.9 Å². The molecule has 1 aromatic heterocycles. The van der Waals surface area contributed by atoms with E-state index in [-0.39, 0.29) is 0 Å². The van der Waals surface area contributed by atoms with E-state index in [0.29, 0.717) is 16.7 Å². The molecule has 1 heterocycles. The molecule has 0 aliphatic rings. The average molecular weight is 486 g/mol. The first kappa shape index (κ1) is 22.6. The molecule has 5 heteroatoms. The summed E-state index contributed by atoms with van der Waals surface area (Å²) in [5.74, 6) is 0. The standard InChI is InChI=1S/C33H19N5/c34-20-23-9-13-27(14-10-23)37(26-5-2-1-3-6-26)28-7-4-8-29(19-28)38-32-15-11-24(21-35)17-30(32)31-18-25(22-36)12-16-33(31)38/h1-19H. The normalized spacial score (nSPS) is 10.6. The second-order valence-electron chi connectivity index (χ2n) is 8.87. The summed E-state index contributed by atoms with van der Waals surface area (Å²) in [5.41, 5.74) is 7.50. The summed E-state index contributed by atoms with van der Waals surface area (Å²) in [6.45, 7) is 0. The zero-order chi connectivity index (χ0) is 26.1. The Kier molecular flexibility index (Phi) is 5.55. The van der Waals surface area contributed by atoms with Gasteiger partial charge in [0.25, 0.3) is 0 Å². The third-order valence-corrected chi connectivity index (χ3v) is 6.64. The molecular weight excluding hydrogens is 466 g/mol. The zero-order valence-electron chi connectivity index (χ0n) is 20.2. The Morgan fingerprint density at radius 3 is 1.58 bits per heavy atom. The molecule has 6 aromatic rings. The van der Waals surface area contributed by atoms with Gasteiger partial charge in [0.15, 0.2) is 0 Å². The highest BCUT2D eigenvalue weighted by molar-refractivity contribution is 6.10. The minimum atomic E-state index is 0.573. The van der Waals surface area contributed by atoms with E-state index >= 15 is 0 Å². The Bertz CT molecular complexity index is 1880. The monoisotopic (exact) mass is 485 g/mol. The zero-order valence-corrected chi connectivity index (χ0v) is 20.2. The Balaban J connectivity index is 1.59. The topological polar surface area (TPSA) is 79.5 Å². The number of anilines is 3. The molecule has 5 nitrogen and oxygen atoms in total. The molecule has 6 rings (SSSR count). The van der Waals surface area contributed by atoms with Crippen molar-refractivity contribution in [3.8, 4) is 23.9 Å². The summed E-state index contributed by atoms with van der Waals surface area (Å²) >= 11 is 0. The first-order chi connectivity index (χ1) is 18.7. The van der Waals surface area contributed by atoms with Gasteiger partial charge >= 0.3 is 0 Å². The molecule has 0 fully saturated rings. The third kappa shape index (κ3) is 3.80. The van der Waals surface area contributed by atoms with Crippen LogP contribution in [0.15, 0.2) is 115 Å². The average Bonchev–Trinajstić information content (AvgIpc) is 3.31. The molecule has 0 aliphatic carbocycles. The number of fused-ring (bicyclic) bond motifs is 3. The van der Waals surface area contributed by atoms with E-state index in [1.165, 1.54) is 0 Å². The maximum atomic E-state index is 9.51. The van der Waals surface area contributed by atoms with E-state index in [4.69, 9.17) is 0 Å². The number of benzene rings is 5. The van der Waals surface area contributed by atoms with Crippen LogP contribution < -0.4 is 4.90 Å². The van der Waals surface area contributed by atoms with Crippen LogP contribution in [0.2, 0.25) is 0 Å². The fourth-order valence-electron chi connectivity index (χ4n) is 4.92. The minimum absolute atomic E-state index is 0.573. The Morgan fingerprint density at radius 1 is 0.474 bits per heavy atom. The predicted molar refractivity (Wildman–Crippen MR) is 150 cm³/mol. The van der Waals surface area contributed by atoms with Crippen LogP contribution in [0.25, 0.3) is 27.5 Å². The predicted octanol–water partition coefficient (Wildman–Crippen LogP) is 7.87. The van der Waals surface area contributed by atoms with Gasteiger partial charge < -0.3 is 9.47 Å². The lowest BCUT2D eigenvalue weighted by Gasteiger charge is -2.26. The summed E-state index contributed by atoms with van der Waals surface area (Å²) < 4.78 is 2.17. The van der Waals surface area contributed by atoms with Crippen LogP contribution in [0.3, 0.4) is 0 Å². The molecule has 0 spiro atoms. The van der Waals surface area contributed by atoms with E-state index < -0.39 is 0 Å². The van der Waals surface area contributed by atoms with E-state index in [9.17, 15) is 15.8 Å². The van der Waals surface area contributed by atoms with Crippen LogP contribution in [0.1, 0.15) is 16.7 Å². The van der Waals surface area contributed by atoms with Gasteiger partial charge in [-0.15, -0.1) is 0 Å². The number of rotatable bonds is 4. The number of hydrogen-bond acceptors (Lipinski definition) is 4. The van der Waals surface area contributed by atoms with Crippen molar-refractivity contribution in [2.45, 2.75) is 0 Å². The van der Waals surface area contributed by atoms with Gasteiger partial charge in [0.1, 0.15) is 0 Å². The van der Waals surface area contributed by atoms with Gasteiger partial charge in [-0.25, -0.2) is 0 Å². The molecule has 0 amide bonds. The summed E-state index contributed by atoms with van der Waals surface area (Å²) in [5, 5.41) is 30.1. The lowest BCUT2D eigenvalue weighted by Crippen LogP contribution is -2.10. The minimum Gasteiger partial charge on any atom is -0.310 e. The molecule has 0 atom stereocenters. The number of nitriles is 3. The second-order valence-corrected chi connectivity index (χ2v) is 8.87. The van der Waals surface area contributed by atoms with E-state index in [0.717, 1.165) is 44.6 Å². The molecule has 0 radical (unpaired) electrons. The highest BCUT2D eigenvalue weighted by Crippen LogP contribution is 2.38. The molecule has 0 saturated heterocycles. The van der Waals surface area contributed by atoms with Crippen LogP contribution >= 0.6 is 0 Å². The Morgan fingerprint density at radius 2 is 1.00 bits per heavy atom. The molecule has 0 aliphatic heterocycles. The number of nitrogens with zero attached hydrogens (tertiary/aromatic N) is 5. The summed E-state index contributed by atoms with van der Waals surface area (Å²) in [6.07, 6.45) is 0. The lowest BCUT2D eigenvalue weighted by molar-refractivity contribution is 1.17. The van der Waals surface area contributed by atoms with Crippen LogP contribution in [-0.2, 0) is 0 Å². The van der Waals surface area contributed by atoms with Crippen molar-refractivity contribution in [3.63, 3.8) is 0 Å². The fraction of sp³-hybridized carbons (Fsp3) is 0. The molecule has 0 N–H and O–H groups in total. The first-order valence-electron chi connectivity index (χ1n) is 12.0. The Labute approximate surface area is 219 Å². The van der Waals surface area contributed by atoms with Gasteiger partial charge in [-0.2, -0.15) is 15.8 Å². The van der Waals surface area contributed by atoms with Crippen molar-refractivity contribution in [1.82, 2.24) is 4.57 Å². The largest absolute Gasteiger partial charge is 0.310 e. The van der Waals surface area contributed by atoms with Crippen LogP contribution in [0.4, 0.5) is 17.1 Å². The fourth-order valence-corrected chi connectivity index (χ4v) is 4.92. The second kappa shape index (κ2) is 9.32. The van der Waals surface area contributed by atoms with E-state index in [2.05, 4.69) is 58.0 Å². The summed E-state index contributed by atoms with van der Waals surface area (Å²) in [6, 6.07) is 43.9.